The summed E-state index contributed by atoms with van der Waals surface area (Å²) in [6.07, 6.45) is 1.06. The van der Waals surface area contributed by atoms with Crippen LogP contribution in [0.15, 0.2) is 29.2 Å². The molecule has 0 bridgehead atoms. The van der Waals surface area contributed by atoms with Crippen LogP contribution >= 0.6 is 0 Å². The van der Waals surface area contributed by atoms with Gasteiger partial charge in [0.1, 0.15) is 0 Å². The molecular weight excluding hydrogens is 274 g/mol. The normalized spacial score (nSPS) is 20.4. The van der Waals surface area contributed by atoms with Crippen LogP contribution < -0.4 is 10.5 Å². The third-order valence-electron chi connectivity index (χ3n) is 3.85. The number of benzene rings is 1. The van der Waals surface area contributed by atoms with Crippen LogP contribution in [0.2, 0.25) is 0 Å². The first-order chi connectivity index (χ1) is 9.55. The number of likely N-dealkylation sites (tertiary alicyclic amines) is 1. The quantitative estimate of drug-likeness (QED) is 0.813. The van der Waals surface area contributed by atoms with E-state index in [0.29, 0.717) is 23.9 Å². The Bertz CT molecular complexity index is 528. The summed E-state index contributed by atoms with van der Waals surface area (Å²) in [5, 5.41) is 0. The molecule has 0 aromatic heterocycles. The summed E-state index contributed by atoms with van der Waals surface area (Å²) >= 11 is 0. The molecule has 1 saturated heterocycles. The van der Waals surface area contributed by atoms with E-state index in [0.717, 1.165) is 31.6 Å². The standard InChI is InChI=1S/C14H23N3O2S/c1-2-17-8-7-13(11-17)10-16-20(18,19)14-5-3-12(9-15)4-6-14/h3-6,13,16H,2,7-11,15H2,1H3. The van der Waals surface area contributed by atoms with E-state index in [4.69, 9.17) is 5.73 Å². The maximum atomic E-state index is 12.2. The molecule has 0 saturated carbocycles. The van der Waals surface area contributed by atoms with Crippen molar-refractivity contribution in [3.63, 3.8) is 0 Å². The molecular formula is C14H23N3O2S. The van der Waals surface area contributed by atoms with Crippen LogP contribution in [0.5, 0.6) is 0 Å². The zero-order chi connectivity index (χ0) is 14.6. The summed E-state index contributed by atoms with van der Waals surface area (Å²) in [5.74, 6) is 0.410. The van der Waals surface area contributed by atoms with Crippen LogP contribution in [-0.2, 0) is 16.6 Å². The van der Waals surface area contributed by atoms with E-state index >= 15 is 0 Å². The van der Waals surface area contributed by atoms with E-state index in [1.54, 1.807) is 24.3 Å². The minimum Gasteiger partial charge on any atom is -0.326 e. The molecule has 2 rings (SSSR count). The average molecular weight is 297 g/mol. The van der Waals surface area contributed by atoms with E-state index in [1.165, 1.54) is 0 Å². The van der Waals surface area contributed by atoms with E-state index in [-0.39, 0.29) is 0 Å². The molecule has 20 heavy (non-hydrogen) atoms. The molecule has 1 aliphatic heterocycles. The fourth-order valence-corrected chi connectivity index (χ4v) is 3.60. The number of hydrogen-bond acceptors (Lipinski definition) is 4. The molecule has 1 aliphatic rings. The number of hydrogen-bond donors (Lipinski definition) is 2. The first kappa shape index (κ1) is 15.4. The van der Waals surface area contributed by atoms with Gasteiger partial charge in [-0.25, -0.2) is 13.1 Å². The van der Waals surface area contributed by atoms with Gasteiger partial charge in [0.05, 0.1) is 4.90 Å². The van der Waals surface area contributed by atoms with Crippen LogP contribution in [0.25, 0.3) is 0 Å². The second-order valence-corrected chi connectivity index (χ2v) is 7.01. The Morgan fingerprint density at radius 1 is 1.35 bits per heavy atom. The van der Waals surface area contributed by atoms with E-state index in [2.05, 4.69) is 16.5 Å². The van der Waals surface area contributed by atoms with Crippen molar-refractivity contribution in [3.8, 4) is 0 Å². The zero-order valence-electron chi connectivity index (χ0n) is 11.9. The molecule has 1 heterocycles. The van der Waals surface area contributed by atoms with Gasteiger partial charge in [0, 0.05) is 19.6 Å². The average Bonchev–Trinajstić information content (AvgIpc) is 2.93. The van der Waals surface area contributed by atoms with Gasteiger partial charge in [0.2, 0.25) is 10.0 Å². The highest BCUT2D eigenvalue weighted by Gasteiger charge is 2.23. The molecule has 1 fully saturated rings. The Morgan fingerprint density at radius 2 is 2.05 bits per heavy atom. The van der Waals surface area contributed by atoms with Gasteiger partial charge < -0.3 is 10.6 Å². The van der Waals surface area contributed by atoms with Crippen LogP contribution in [0.4, 0.5) is 0 Å². The topological polar surface area (TPSA) is 75.4 Å². The molecule has 5 nitrogen and oxygen atoms in total. The Hall–Kier alpha value is -0.950. The largest absolute Gasteiger partial charge is 0.326 e. The lowest BCUT2D eigenvalue weighted by molar-refractivity contribution is 0.342. The Balaban J connectivity index is 1.93. The van der Waals surface area contributed by atoms with Crippen molar-refractivity contribution < 1.29 is 8.42 Å². The third-order valence-corrected chi connectivity index (χ3v) is 5.29. The minimum atomic E-state index is -3.41. The SMILES string of the molecule is CCN1CCC(CNS(=O)(=O)c2ccc(CN)cc2)C1. The van der Waals surface area contributed by atoms with Crippen molar-refractivity contribution in [1.29, 1.82) is 0 Å². The Labute approximate surface area is 121 Å². The van der Waals surface area contributed by atoms with E-state index in [9.17, 15) is 8.42 Å². The Kier molecular flexibility index (Phi) is 5.15. The summed E-state index contributed by atoms with van der Waals surface area (Å²) < 4.78 is 27.1. The summed E-state index contributed by atoms with van der Waals surface area (Å²) in [6.45, 7) is 6.13. The lowest BCUT2D eigenvalue weighted by Gasteiger charge is -2.14. The molecule has 6 heteroatoms. The number of nitrogens with two attached hydrogens (primary N) is 1. The molecule has 1 unspecified atom stereocenters. The number of rotatable bonds is 6. The fourth-order valence-electron chi connectivity index (χ4n) is 2.48. The second kappa shape index (κ2) is 6.67. The van der Waals surface area contributed by atoms with Crippen molar-refractivity contribution in [2.45, 2.75) is 24.8 Å². The van der Waals surface area contributed by atoms with Gasteiger partial charge in [-0.3, -0.25) is 0 Å². The van der Waals surface area contributed by atoms with Crippen molar-refractivity contribution in [1.82, 2.24) is 9.62 Å². The van der Waals surface area contributed by atoms with Crippen molar-refractivity contribution >= 4 is 10.0 Å². The van der Waals surface area contributed by atoms with E-state index in [1.807, 2.05) is 0 Å². The predicted molar refractivity (Wildman–Crippen MR) is 79.7 cm³/mol. The van der Waals surface area contributed by atoms with Crippen molar-refractivity contribution in [2.75, 3.05) is 26.2 Å². The summed E-state index contributed by atoms with van der Waals surface area (Å²) in [7, 11) is -3.41. The summed E-state index contributed by atoms with van der Waals surface area (Å²) in [6, 6.07) is 6.72. The molecule has 0 aliphatic carbocycles. The molecule has 3 N–H and O–H groups in total. The lowest BCUT2D eigenvalue weighted by Crippen LogP contribution is -2.31. The maximum Gasteiger partial charge on any atom is 0.240 e. The molecule has 0 radical (unpaired) electrons. The highest BCUT2D eigenvalue weighted by Crippen LogP contribution is 2.16. The van der Waals surface area contributed by atoms with Crippen LogP contribution in [-0.4, -0.2) is 39.5 Å². The van der Waals surface area contributed by atoms with Crippen LogP contribution in [0.1, 0.15) is 18.9 Å². The predicted octanol–water partition coefficient (Wildman–Crippen LogP) is 0.765. The molecule has 0 amide bonds. The molecule has 1 aromatic carbocycles. The number of nitrogens with one attached hydrogen (secondary N) is 1. The minimum absolute atomic E-state index is 0.306. The van der Waals surface area contributed by atoms with Crippen molar-refractivity contribution in [2.24, 2.45) is 11.7 Å². The highest BCUT2D eigenvalue weighted by molar-refractivity contribution is 7.89. The maximum absolute atomic E-state index is 12.2. The molecule has 0 spiro atoms. The smallest absolute Gasteiger partial charge is 0.240 e. The van der Waals surface area contributed by atoms with Gasteiger partial charge in [0.15, 0.2) is 0 Å². The Morgan fingerprint density at radius 3 is 2.60 bits per heavy atom. The second-order valence-electron chi connectivity index (χ2n) is 5.25. The first-order valence-corrected chi connectivity index (χ1v) is 8.54. The molecule has 112 valence electrons. The van der Waals surface area contributed by atoms with Gasteiger partial charge in [-0.15, -0.1) is 0 Å². The third kappa shape index (κ3) is 3.79. The monoisotopic (exact) mass is 297 g/mol. The van der Waals surface area contributed by atoms with Crippen LogP contribution in [0, 0.1) is 5.92 Å². The highest BCUT2D eigenvalue weighted by atomic mass is 32.2. The van der Waals surface area contributed by atoms with E-state index < -0.39 is 10.0 Å². The van der Waals surface area contributed by atoms with Gasteiger partial charge in [-0.05, 0) is 43.1 Å². The summed E-state index contributed by atoms with van der Waals surface area (Å²) in [4.78, 5) is 2.65. The first-order valence-electron chi connectivity index (χ1n) is 7.06. The van der Waals surface area contributed by atoms with Gasteiger partial charge in [-0.2, -0.15) is 0 Å². The van der Waals surface area contributed by atoms with Gasteiger partial charge >= 0.3 is 0 Å². The van der Waals surface area contributed by atoms with Gasteiger partial charge in [-0.1, -0.05) is 19.1 Å². The molecule has 1 aromatic rings. The molecule has 1 atom stereocenters. The fraction of sp³-hybridized carbons (Fsp3) is 0.571. The number of nitrogens with zero attached hydrogens (tertiary/aromatic N) is 1. The van der Waals surface area contributed by atoms with Gasteiger partial charge in [0.25, 0.3) is 0 Å². The zero-order valence-corrected chi connectivity index (χ0v) is 12.7. The van der Waals surface area contributed by atoms with Crippen molar-refractivity contribution in [3.05, 3.63) is 29.8 Å². The summed E-state index contributed by atoms with van der Waals surface area (Å²) in [5.41, 5.74) is 6.44. The lowest BCUT2D eigenvalue weighted by atomic mass is 10.1. The number of sulfonamides is 1. The van der Waals surface area contributed by atoms with Crippen LogP contribution in [0.3, 0.4) is 0 Å².